The van der Waals surface area contributed by atoms with Crippen LogP contribution in [0, 0.1) is 5.82 Å². The van der Waals surface area contributed by atoms with Gasteiger partial charge in [0.05, 0.1) is 16.8 Å². The third-order valence-corrected chi connectivity index (χ3v) is 3.00. The summed E-state index contributed by atoms with van der Waals surface area (Å²) in [4.78, 5) is 16.3. The third kappa shape index (κ3) is 2.23. The molecule has 0 aliphatic rings. The van der Waals surface area contributed by atoms with Crippen LogP contribution in [0.4, 0.5) is 10.1 Å². The molecule has 98 valence electrons. The predicted molar refractivity (Wildman–Crippen MR) is 76.1 cm³/mol. The molecule has 3 rings (SSSR count). The Hall–Kier alpha value is -2.75. The summed E-state index contributed by atoms with van der Waals surface area (Å²) in [6, 6.07) is 15.1. The second kappa shape index (κ2) is 5.09. The molecule has 0 unspecified atom stereocenters. The minimum atomic E-state index is -0.543. The molecule has 0 saturated heterocycles. The lowest BCUT2D eigenvalue weighted by molar-refractivity contribution is 0.102. The number of carbonyl (C=O) groups excluding carboxylic acids is 1. The van der Waals surface area contributed by atoms with Crippen molar-refractivity contribution in [3.8, 4) is 0 Å². The number of para-hydroxylation sites is 1. The average molecular weight is 266 g/mol. The van der Waals surface area contributed by atoms with Gasteiger partial charge in [-0.05, 0) is 24.3 Å². The maximum absolute atomic E-state index is 13.6. The first-order valence-electron chi connectivity index (χ1n) is 6.15. The lowest BCUT2D eigenvalue weighted by atomic mass is 10.1. The first-order valence-corrected chi connectivity index (χ1v) is 6.15. The Kier molecular flexibility index (Phi) is 3.13. The quantitative estimate of drug-likeness (QED) is 0.769. The van der Waals surface area contributed by atoms with Crippen molar-refractivity contribution in [3.63, 3.8) is 0 Å². The van der Waals surface area contributed by atoms with Gasteiger partial charge < -0.3 is 5.32 Å². The summed E-state index contributed by atoms with van der Waals surface area (Å²) in [7, 11) is 0. The second-order valence-electron chi connectivity index (χ2n) is 4.31. The molecule has 2 aromatic carbocycles. The number of nitrogens with one attached hydrogen (secondary N) is 1. The van der Waals surface area contributed by atoms with Gasteiger partial charge in [0.1, 0.15) is 5.82 Å². The zero-order valence-electron chi connectivity index (χ0n) is 10.5. The van der Waals surface area contributed by atoms with Gasteiger partial charge in [0.15, 0.2) is 0 Å². The highest BCUT2D eigenvalue weighted by Gasteiger charge is 2.12. The van der Waals surface area contributed by atoms with Gasteiger partial charge in [-0.15, -0.1) is 0 Å². The van der Waals surface area contributed by atoms with Crippen LogP contribution in [0.25, 0.3) is 10.9 Å². The van der Waals surface area contributed by atoms with Gasteiger partial charge in [-0.1, -0.05) is 30.3 Å². The second-order valence-corrected chi connectivity index (χ2v) is 4.31. The Balaban J connectivity index is 1.98. The topological polar surface area (TPSA) is 42.0 Å². The van der Waals surface area contributed by atoms with E-state index in [4.69, 9.17) is 0 Å². The molecule has 1 amide bonds. The summed E-state index contributed by atoms with van der Waals surface area (Å²) in [6.45, 7) is 0. The van der Waals surface area contributed by atoms with E-state index in [1.807, 2.05) is 24.3 Å². The van der Waals surface area contributed by atoms with Crippen molar-refractivity contribution in [2.45, 2.75) is 0 Å². The van der Waals surface area contributed by atoms with Crippen LogP contribution in [-0.4, -0.2) is 10.9 Å². The van der Waals surface area contributed by atoms with E-state index < -0.39 is 11.7 Å². The zero-order valence-corrected chi connectivity index (χ0v) is 10.5. The van der Waals surface area contributed by atoms with E-state index in [9.17, 15) is 9.18 Å². The minimum absolute atomic E-state index is 0.0143. The molecule has 0 saturated carbocycles. The van der Waals surface area contributed by atoms with Crippen molar-refractivity contribution < 1.29 is 9.18 Å². The fourth-order valence-corrected chi connectivity index (χ4v) is 2.04. The van der Waals surface area contributed by atoms with Crippen molar-refractivity contribution >= 4 is 22.5 Å². The van der Waals surface area contributed by atoms with Gasteiger partial charge in [0.25, 0.3) is 5.91 Å². The first-order chi connectivity index (χ1) is 9.75. The highest BCUT2D eigenvalue weighted by atomic mass is 19.1. The summed E-state index contributed by atoms with van der Waals surface area (Å²) >= 11 is 0. The van der Waals surface area contributed by atoms with Crippen molar-refractivity contribution in [1.29, 1.82) is 0 Å². The van der Waals surface area contributed by atoms with E-state index in [0.717, 1.165) is 5.39 Å². The normalized spacial score (nSPS) is 10.4. The van der Waals surface area contributed by atoms with Gasteiger partial charge in [-0.3, -0.25) is 9.78 Å². The maximum Gasteiger partial charge on any atom is 0.258 e. The van der Waals surface area contributed by atoms with Crippen LogP contribution in [0.2, 0.25) is 0 Å². The number of hydrogen-bond acceptors (Lipinski definition) is 2. The number of aromatic nitrogens is 1. The molecule has 1 N–H and O–H groups in total. The molecule has 0 aliphatic heterocycles. The summed E-state index contributed by atoms with van der Waals surface area (Å²) in [5.74, 6) is -1.03. The molecule has 0 aliphatic carbocycles. The number of pyridine rings is 1. The van der Waals surface area contributed by atoms with Crippen LogP contribution in [0.3, 0.4) is 0 Å². The standard InChI is InChI=1S/C16H11FN2O/c17-13-8-2-1-7-12(13)16(20)19-14-9-3-5-11-6-4-10-18-15(11)14/h1-10H,(H,19,20). The zero-order chi connectivity index (χ0) is 13.9. The highest BCUT2D eigenvalue weighted by Crippen LogP contribution is 2.21. The smallest absolute Gasteiger partial charge is 0.258 e. The SMILES string of the molecule is O=C(Nc1cccc2cccnc12)c1ccccc1F. The van der Waals surface area contributed by atoms with Crippen LogP contribution in [0.5, 0.6) is 0 Å². The van der Waals surface area contributed by atoms with E-state index >= 15 is 0 Å². The molecular weight excluding hydrogens is 255 g/mol. The van der Waals surface area contributed by atoms with Gasteiger partial charge in [0.2, 0.25) is 0 Å². The summed E-state index contributed by atoms with van der Waals surface area (Å²) in [5, 5.41) is 3.62. The van der Waals surface area contributed by atoms with Crippen LogP contribution < -0.4 is 5.32 Å². The Labute approximate surface area is 115 Å². The number of nitrogens with zero attached hydrogens (tertiary/aromatic N) is 1. The summed E-state index contributed by atoms with van der Waals surface area (Å²) in [6.07, 6.45) is 1.65. The van der Waals surface area contributed by atoms with Crippen LogP contribution in [0.15, 0.2) is 60.8 Å². The van der Waals surface area contributed by atoms with Gasteiger partial charge in [-0.25, -0.2) is 4.39 Å². The number of hydrogen-bond donors (Lipinski definition) is 1. The Morgan fingerprint density at radius 2 is 1.80 bits per heavy atom. The molecule has 3 nitrogen and oxygen atoms in total. The van der Waals surface area contributed by atoms with E-state index in [-0.39, 0.29) is 5.56 Å². The maximum atomic E-state index is 13.6. The van der Waals surface area contributed by atoms with E-state index in [1.54, 1.807) is 24.4 Å². The monoisotopic (exact) mass is 266 g/mol. The van der Waals surface area contributed by atoms with Crippen LogP contribution >= 0.6 is 0 Å². The number of carbonyl (C=O) groups is 1. The Bertz CT molecular complexity index is 781. The van der Waals surface area contributed by atoms with E-state index in [0.29, 0.717) is 11.2 Å². The number of fused-ring (bicyclic) bond motifs is 1. The highest BCUT2D eigenvalue weighted by molar-refractivity contribution is 6.08. The number of benzene rings is 2. The molecule has 0 radical (unpaired) electrons. The molecule has 20 heavy (non-hydrogen) atoms. The van der Waals surface area contributed by atoms with E-state index in [2.05, 4.69) is 10.3 Å². The Morgan fingerprint density at radius 1 is 1.00 bits per heavy atom. The molecule has 0 atom stereocenters. The lowest BCUT2D eigenvalue weighted by Gasteiger charge is -2.08. The van der Waals surface area contributed by atoms with Crippen molar-refractivity contribution in [3.05, 3.63) is 72.2 Å². The Morgan fingerprint density at radius 3 is 2.65 bits per heavy atom. The third-order valence-electron chi connectivity index (χ3n) is 3.00. The molecule has 3 aromatic rings. The average Bonchev–Trinajstić information content (AvgIpc) is 2.48. The number of halogens is 1. The molecule has 0 spiro atoms. The summed E-state index contributed by atoms with van der Waals surface area (Å²) in [5.41, 5.74) is 1.26. The predicted octanol–water partition coefficient (Wildman–Crippen LogP) is 3.63. The van der Waals surface area contributed by atoms with Crippen LogP contribution in [0.1, 0.15) is 10.4 Å². The van der Waals surface area contributed by atoms with Gasteiger partial charge in [-0.2, -0.15) is 0 Å². The molecule has 1 heterocycles. The number of amides is 1. The fourth-order valence-electron chi connectivity index (χ4n) is 2.04. The molecule has 4 heteroatoms. The number of rotatable bonds is 2. The molecule has 1 aromatic heterocycles. The van der Waals surface area contributed by atoms with Gasteiger partial charge >= 0.3 is 0 Å². The first kappa shape index (κ1) is 12.3. The largest absolute Gasteiger partial charge is 0.320 e. The van der Waals surface area contributed by atoms with Crippen molar-refractivity contribution in [2.24, 2.45) is 0 Å². The summed E-state index contributed by atoms with van der Waals surface area (Å²) < 4.78 is 13.6. The minimum Gasteiger partial charge on any atom is -0.320 e. The van der Waals surface area contributed by atoms with Crippen LogP contribution in [-0.2, 0) is 0 Å². The van der Waals surface area contributed by atoms with Crippen molar-refractivity contribution in [2.75, 3.05) is 5.32 Å². The van der Waals surface area contributed by atoms with Gasteiger partial charge in [0, 0.05) is 11.6 Å². The molecular formula is C16H11FN2O. The molecule has 0 fully saturated rings. The van der Waals surface area contributed by atoms with E-state index in [1.165, 1.54) is 12.1 Å². The lowest BCUT2D eigenvalue weighted by Crippen LogP contribution is -2.14. The molecule has 0 bridgehead atoms. The fraction of sp³-hybridized carbons (Fsp3) is 0. The number of anilines is 1. The van der Waals surface area contributed by atoms with Crippen molar-refractivity contribution in [1.82, 2.24) is 4.98 Å².